The van der Waals surface area contributed by atoms with E-state index in [1.165, 1.54) is 0 Å². The summed E-state index contributed by atoms with van der Waals surface area (Å²) in [5.41, 5.74) is 5.11. The molecule has 1 saturated heterocycles. The highest BCUT2D eigenvalue weighted by molar-refractivity contribution is 5.88. The molecule has 92 valence electrons. The Morgan fingerprint density at radius 3 is 2.56 bits per heavy atom. The lowest BCUT2D eigenvalue weighted by atomic mass is 9.86. The van der Waals surface area contributed by atoms with Gasteiger partial charge in [0.1, 0.15) is 0 Å². The summed E-state index contributed by atoms with van der Waals surface area (Å²) in [6.07, 6.45) is 0.697. The lowest BCUT2D eigenvalue weighted by molar-refractivity contribution is -0.150. The predicted octanol–water partition coefficient (Wildman–Crippen LogP) is -0.338. The summed E-state index contributed by atoms with van der Waals surface area (Å²) >= 11 is 0. The number of carbonyl (C=O) groups excluding carboxylic acids is 2. The predicted molar refractivity (Wildman–Crippen MR) is 61.7 cm³/mol. The van der Waals surface area contributed by atoms with Gasteiger partial charge in [0.15, 0.2) is 0 Å². The average Bonchev–Trinajstić information content (AvgIpc) is 2.30. The Kier molecular flexibility index (Phi) is 3.91. The van der Waals surface area contributed by atoms with E-state index in [0.29, 0.717) is 26.1 Å². The lowest BCUT2D eigenvalue weighted by Crippen LogP contribution is -2.55. The highest BCUT2D eigenvalue weighted by Gasteiger charge is 2.36. The highest BCUT2D eigenvalue weighted by atomic mass is 16.2. The molecule has 0 spiro atoms. The second kappa shape index (κ2) is 4.82. The van der Waals surface area contributed by atoms with Gasteiger partial charge in [-0.05, 0) is 13.3 Å². The Morgan fingerprint density at radius 2 is 2.12 bits per heavy atom. The van der Waals surface area contributed by atoms with E-state index in [0.717, 1.165) is 0 Å². The molecule has 1 atom stereocenters. The summed E-state index contributed by atoms with van der Waals surface area (Å²) in [6.45, 7) is 5.53. The molecule has 2 amide bonds. The van der Waals surface area contributed by atoms with Crippen LogP contribution in [0.2, 0.25) is 0 Å². The molecule has 5 heteroatoms. The SMILES string of the molecule is CCC(C)(CN)C(=O)N1CCN(C)C(=O)C1. The van der Waals surface area contributed by atoms with Gasteiger partial charge in [-0.25, -0.2) is 0 Å². The third-order valence-electron chi connectivity index (χ3n) is 3.49. The van der Waals surface area contributed by atoms with Gasteiger partial charge in [0.2, 0.25) is 11.8 Å². The summed E-state index contributed by atoms with van der Waals surface area (Å²) in [4.78, 5) is 27.0. The van der Waals surface area contributed by atoms with Gasteiger partial charge in [-0.2, -0.15) is 0 Å². The molecule has 1 unspecified atom stereocenters. The molecule has 1 fully saturated rings. The number of rotatable bonds is 3. The molecule has 0 aromatic rings. The van der Waals surface area contributed by atoms with Crippen molar-refractivity contribution in [3.05, 3.63) is 0 Å². The van der Waals surface area contributed by atoms with Gasteiger partial charge in [-0.3, -0.25) is 9.59 Å². The largest absolute Gasteiger partial charge is 0.342 e. The zero-order chi connectivity index (χ0) is 12.3. The Morgan fingerprint density at radius 1 is 1.50 bits per heavy atom. The van der Waals surface area contributed by atoms with Crippen molar-refractivity contribution in [2.24, 2.45) is 11.1 Å². The first-order chi connectivity index (χ1) is 7.44. The first kappa shape index (κ1) is 13.0. The number of carbonyl (C=O) groups is 2. The van der Waals surface area contributed by atoms with Crippen LogP contribution in [0.15, 0.2) is 0 Å². The van der Waals surface area contributed by atoms with E-state index in [2.05, 4.69) is 0 Å². The quantitative estimate of drug-likeness (QED) is 0.717. The molecule has 1 heterocycles. The molecular formula is C11H21N3O2. The molecule has 16 heavy (non-hydrogen) atoms. The van der Waals surface area contributed by atoms with E-state index >= 15 is 0 Å². The second-order valence-electron chi connectivity index (χ2n) is 4.66. The number of nitrogens with zero attached hydrogens (tertiary/aromatic N) is 2. The van der Waals surface area contributed by atoms with Crippen LogP contribution in [0, 0.1) is 5.41 Å². The Hall–Kier alpha value is -1.10. The van der Waals surface area contributed by atoms with Crippen LogP contribution >= 0.6 is 0 Å². The molecule has 0 bridgehead atoms. The third-order valence-corrected chi connectivity index (χ3v) is 3.49. The molecule has 1 rings (SSSR count). The Labute approximate surface area is 96.6 Å². The van der Waals surface area contributed by atoms with Crippen molar-refractivity contribution in [2.75, 3.05) is 33.2 Å². The molecule has 1 aliphatic heterocycles. The van der Waals surface area contributed by atoms with Crippen LogP contribution in [0.1, 0.15) is 20.3 Å². The summed E-state index contributed by atoms with van der Waals surface area (Å²) in [6, 6.07) is 0. The molecule has 5 nitrogen and oxygen atoms in total. The van der Waals surface area contributed by atoms with Crippen molar-refractivity contribution in [2.45, 2.75) is 20.3 Å². The normalized spacial score (nSPS) is 20.9. The molecule has 0 aliphatic carbocycles. The first-order valence-electron chi connectivity index (χ1n) is 5.68. The number of nitrogens with two attached hydrogens (primary N) is 1. The Bertz CT molecular complexity index is 287. The fraction of sp³-hybridized carbons (Fsp3) is 0.818. The minimum absolute atomic E-state index is 0.000972. The van der Waals surface area contributed by atoms with E-state index in [1.807, 2.05) is 13.8 Å². The van der Waals surface area contributed by atoms with Gasteiger partial charge in [-0.1, -0.05) is 6.92 Å². The molecule has 1 aliphatic rings. The zero-order valence-electron chi connectivity index (χ0n) is 10.3. The van der Waals surface area contributed by atoms with Crippen LogP contribution in [0.5, 0.6) is 0 Å². The van der Waals surface area contributed by atoms with E-state index in [4.69, 9.17) is 5.73 Å². The number of hydrogen-bond acceptors (Lipinski definition) is 3. The molecule has 0 aromatic carbocycles. The van der Waals surface area contributed by atoms with Gasteiger partial charge in [-0.15, -0.1) is 0 Å². The standard InChI is InChI=1S/C11H21N3O2/c1-4-11(2,8-12)10(16)14-6-5-13(3)9(15)7-14/h4-8,12H2,1-3H3. The number of hydrogen-bond donors (Lipinski definition) is 1. The molecule has 0 radical (unpaired) electrons. The lowest BCUT2D eigenvalue weighted by Gasteiger charge is -2.37. The van der Waals surface area contributed by atoms with Crippen molar-refractivity contribution in [3.63, 3.8) is 0 Å². The summed E-state index contributed by atoms with van der Waals surface area (Å²) in [5, 5.41) is 0. The molecule has 2 N–H and O–H groups in total. The van der Waals surface area contributed by atoms with Gasteiger partial charge in [0.25, 0.3) is 0 Å². The van der Waals surface area contributed by atoms with E-state index in [9.17, 15) is 9.59 Å². The average molecular weight is 227 g/mol. The number of piperazine rings is 1. The maximum absolute atomic E-state index is 12.2. The van der Waals surface area contributed by atoms with Crippen LogP contribution < -0.4 is 5.73 Å². The molecule has 0 saturated carbocycles. The topological polar surface area (TPSA) is 66.6 Å². The monoisotopic (exact) mass is 227 g/mol. The molecule has 0 aromatic heterocycles. The van der Waals surface area contributed by atoms with Crippen LogP contribution in [0.4, 0.5) is 0 Å². The number of amides is 2. The number of likely N-dealkylation sites (N-methyl/N-ethyl adjacent to an activating group) is 1. The fourth-order valence-electron chi connectivity index (χ4n) is 1.70. The van der Waals surface area contributed by atoms with Crippen molar-refractivity contribution in [3.8, 4) is 0 Å². The Balaban J connectivity index is 2.72. The van der Waals surface area contributed by atoms with Crippen molar-refractivity contribution in [1.29, 1.82) is 0 Å². The molecular weight excluding hydrogens is 206 g/mol. The van der Waals surface area contributed by atoms with E-state index in [-0.39, 0.29) is 18.4 Å². The first-order valence-corrected chi connectivity index (χ1v) is 5.68. The summed E-state index contributed by atoms with van der Waals surface area (Å²) in [7, 11) is 1.76. The van der Waals surface area contributed by atoms with Gasteiger partial charge in [0.05, 0.1) is 12.0 Å². The van der Waals surface area contributed by atoms with E-state index < -0.39 is 5.41 Å². The van der Waals surface area contributed by atoms with Crippen LogP contribution in [-0.2, 0) is 9.59 Å². The van der Waals surface area contributed by atoms with Crippen molar-refractivity contribution >= 4 is 11.8 Å². The van der Waals surface area contributed by atoms with Gasteiger partial charge < -0.3 is 15.5 Å². The van der Waals surface area contributed by atoms with Crippen LogP contribution in [-0.4, -0.2) is 54.8 Å². The summed E-state index contributed by atoms with van der Waals surface area (Å²) < 4.78 is 0. The van der Waals surface area contributed by atoms with Crippen molar-refractivity contribution in [1.82, 2.24) is 9.80 Å². The maximum atomic E-state index is 12.2. The van der Waals surface area contributed by atoms with Crippen molar-refractivity contribution < 1.29 is 9.59 Å². The summed E-state index contributed by atoms with van der Waals surface area (Å²) in [5.74, 6) is -0.00553. The van der Waals surface area contributed by atoms with Crippen LogP contribution in [0.3, 0.4) is 0 Å². The van der Waals surface area contributed by atoms with E-state index in [1.54, 1.807) is 16.8 Å². The highest BCUT2D eigenvalue weighted by Crippen LogP contribution is 2.23. The van der Waals surface area contributed by atoms with Gasteiger partial charge in [0, 0.05) is 26.7 Å². The second-order valence-corrected chi connectivity index (χ2v) is 4.66. The fourth-order valence-corrected chi connectivity index (χ4v) is 1.70. The van der Waals surface area contributed by atoms with Gasteiger partial charge >= 0.3 is 0 Å². The smallest absolute Gasteiger partial charge is 0.241 e. The minimum atomic E-state index is -0.532. The zero-order valence-corrected chi connectivity index (χ0v) is 10.3. The maximum Gasteiger partial charge on any atom is 0.241 e. The third kappa shape index (κ3) is 2.35. The minimum Gasteiger partial charge on any atom is -0.342 e. The van der Waals surface area contributed by atoms with Crippen LogP contribution in [0.25, 0.3) is 0 Å².